The number of ketones is 2. The number of nitrogen functional groups attached to an aromatic ring is 1. The highest BCUT2D eigenvalue weighted by Gasteiger charge is 2.29. The zero-order valence-electron chi connectivity index (χ0n) is 38.1. The number of likely N-dealkylation sites (tertiary alicyclic amines) is 2. The number of H-pyrrole nitrogens is 3. The van der Waals surface area contributed by atoms with Gasteiger partial charge in [0.15, 0.2) is 11.6 Å². The lowest BCUT2D eigenvalue weighted by Crippen LogP contribution is -2.42. The molecule has 2 fully saturated rings. The van der Waals surface area contributed by atoms with Gasteiger partial charge in [0, 0.05) is 70.6 Å². The van der Waals surface area contributed by atoms with E-state index in [-0.39, 0.29) is 58.4 Å². The van der Waals surface area contributed by atoms with E-state index in [1.807, 2.05) is 67.0 Å². The zero-order valence-corrected chi connectivity index (χ0v) is 38.1. The van der Waals surface area contributed by atoms with Crippen molar-refractivity contribution < 1.29 is 29.1 Å². The lowest BCUT2D eigenvalue weighted by Gasteiger charge is -2.30. The summed E-state index contributed by atoms with van der Waals surface area (Å²) in [6, 6.07) is 23.7. The van der Waals surface area contributed by atoms with Crippen molar-refractivity contribution in [2.24, 2.45) is 0 Å². The standard InChI is InChI=1S/C20H25N3O2.C17H20N2O3.C12H19N3O/c1-20(2,3)17-12-15(18(22-17)19(25)23-10-7-11-23)21-13-16(24)14-8-5-4-6-9-14;1-17(2,3)14-9-12(15(19-14)16(21)22)18-10-13(20)11-7-5-4-6-8-11;1-12(2,3)9-7-8(13)10(14-9)11(16)15-5-4-6-15/h4-6,8-9,12,21-22H,7,10-11,13H2,1-3H3;4-9,18-19H,10H2,1-3H3,(H,21,22);7,14H,4-6,13H2,1-3H3. The fourth-order valence-corrected chi connectivity index (χ4v) is 6.54. The zero-order chi connectivity index (χ0) is 46.3. The van der Waals surface area contributed by atoms with Crippen molar-refractivity contribution in [1.29, 1.82) is 0 Å². The summed E-state index contributed by atoms with van der Waals surface area (Å²) in [6.07, 6.45) is 2.15. The number of amides is 2. The van der Waals surface area contributed by atoms with Gasteiger partial charge in [-0.1, -0.05) is 123 Å². The van der Waals surface area contributed by atoms with Crippen LogP contribution in [0.25, 0.3) is 0 Å². The number of benzene rings is 2. The van der Waals surface area contributed by atoms with Gasteiger partial charge in [-0.15, -0.1) is 0 Å². The van der Waals surface area contributed by atoms with Crippen molar-refractivity contribution in [3.8, 4) is 0 Å². The molecule has 7 rings (SSSR count). The Bertz CT molecular complexity index is 2380. The summed E-state index contributed by atoms with van der Waals surface area (Å²) < 4.78 is 0. The van der Waals surface area contributed by atoms with Crippen molar-refractivity contribution >= 4 is 46.4 Å². The third-order valence-electron chi connectivity index (χ3n) is 10.9. The van der Waals surface area contributed by atoms with Gasteiger partial charge in [-0.05, 0) is 31.0 Å². The second-order valence-electron chi connectivity index (χ2n) is 19.1. The van der Waals surface area contributed by atoms with E-state index in [0.29, 0.717) is 39.6 Å². The molecule has 8 N–H and O–H groups in total. The monoisotopic (exact) mass is 860 g/mol. The minimum Gasteiger partial charge on any atom is -0.477 e. The summed E-state index contributed by atoms with van der Waals surface area (Å²) >= 11 is 0. The number of carboxylic acid groups (broad SMARTS) is 1. The average molecular weight is 861 g/mol. The third kappa shape index (κ3) is 12.3. The van der Waals surface area contributed by atoms with E-state index in [4.69, 9.17) is 5.73 Å². The molecule has 14 heteroatoms. The molecule has 0 radical (unpaired) electrons. The maximum Gasteiger partial charge on any atom is 0.354 e. The first-order valence-electron chi connectivity index (χ1n) is 21.5. The summed E-state index contributed by atoms with van der Waals surface area (Å²) in [5.74, 6) is -1.11. The molecule has 63 heavy (non-hydrogen) atoms. The highest BCUT2D eigenvalue weighted by Crippen LogP contribution is 2.30. The minimum atomic E-state index is -1.05. The van der Waals surface area contributed by atoms with Gasteiger partial charge in [0.25, 0.3) is 11.8 Å². The smallest absolute Gasteiger partial charge is 0.354 e. The van der Waals surface area contributed by atoms with Crippen LogP contribution in [0.2, 0.25) is 0 Å². The lowest BCUT2D eigenvalue weighted by molar-refractivity contribution is 0.0640. The number of nitrogens with two attached hydrogens (primary N) is 1. The molecule has 336 valence electrons. The highest BCUT2D eigenvalue weighted by atomic mass is 16.4. The van der Waals surface area contributed by atoms with Gasteiger partial charge in [0.2, 0.25) is 0 Å². The van der Waals surface area contributed by atoms with Crippen LogP contribution in [-0.2, 0) is 16.2 Å². The number of carbonyl (C=O) groups is 5. The molecule has 5 aromatic rings. The van der Waals surface area contributed by atoms with Crippen molar-refractivity contribution in [2.45, 2.75) is 91.4 Å². The van der Waals surface area contributed by atoms with Gasteiger partial charge < -0.3 is 46.2 Å². The molecule has 0 aliphatic carbocycles. The number of carboxylic acids is 1. The lowest BCUT2D eigenvalue weighted by atomic mass is 9.92. The molecule has 3 aromatic heterocycles. The molecule has 2 saturated heterocycles. The van der Waals surface area contributed by atoms with Crippen LogP contribution in [0, 0.1) is 0 Å². The molecule has 14 nitrogen and oxygen atoms in total. The van der Waals surface area contributed by atoms with Crippen LogP contribution in [0.4, 0.5) is 17.1 Å². The predicted molar refractivity (Wildman–Crippen MR) is 249 cm³/mol. The maximum absolute atomic E-state index is 12.7. The van der Waals surface area contributed by atoms with Crippen molar-refractivity contribution in [1.82, 2.24) is 24.8 Å². The Morgan fingerprint density at radius 2 is 0.905 bits per heavy atom. The number of aromatic nitrogens is 3. The third-order valence-corrected chi connectivity index (χ3v) is 10.9. The number of nitrogens with one attached hydrogen (secondary N) is 5. The summed E-state index contributed by atoms with van der Waals surface area (Å²) in [5, 5.41) is 15.4. The summed E-state index contributed by atoms with van der Waals surface area (Å²) in [4.78, 5) is 73.4. The van der Waals surface area contributed by atoms with E-state index in [2.05, 4.69) is 67.1 Å². The summed E-state index contributed by atoms with van der Waals surface area (Å²) in [5.41, 5.74) is 12.5. The van der Waals surface area contributed by atoms with Gasteiger partial charge in [-0.2, -0.15) is 0 Å². The van der Waals surface area contributed by atoms with Crippen LogP contribution < -0.4 is 16.4 Å². The molecule has 2 aliphatic rings. The highest BCUT2D eigenvalue weighted by molar-refractivity contribution is 6.02. The largest absolute Gasteiger partial charge is 0.477 e. The summed E-state index contributed by atoms with van der Waals surface area (Å²) in [7, 11) is 0. The van der Waals surface area contributed by atoms with E-state index in [9.17, 15) is 29.1 Å². The molecule has 0 bridgehead atoms. The number of hydrogen-bond donors (Lipinski definition) is 7. The van der Waals surface area contributed by atoms with E-state index >= 15 is 0 Å². The topological polar surface area (TPSA) is 210 Å². The number of aromatic amines is 3. The first-order valence-corrected chi connectivity index (χ1v) is 21.5. The molecule has 0 spiro atoms. The number of aromatic carboxylic acids is 1. The van der Waals surface area contributed by atoms with Gasteiger partial charge in [-0.3, -0.25) is 19.2 Å². The molecular formula is C49H64N8O6. The van der Waals surface area contributed by atoms with Gasteiger partial charge in [-0.25, -0.2) is 4.79 Å². The van der Waals surface area contributed by atoms with E-state index < -0.39 is 5.97 Å². The fourth-order valence-electron chi connectivity index (χ4n) is 6.54. The Kier molecular flexibility index (Phi) is 14.8. The molecule has 2 aromatic carbocycles. The first kappa shape index (κ1) is 47.5. The second kappa shape index (κ2) is 19.6. The Labute approximate surface area is 370 Å². The van der Waals surface area contributed by atoms with Gasteiger partial charge >= 0.3 is 5.97 Å². The summed E-state index contributed by atoms with van der Waals surface area (Å²) in [6.45, 7) is 22.0. The van der Waals surface area contributed by atoms with Crippen LogP contribution >= 0.6 is 0 Å². The molecule has 2 aliphatic heterocycles. The SMILES string of the molecule is CC(C)(C)c1cc(N)c(C(=O)N2CCC2)[nH]1.CC(C)(C)c1cc(NCC(=O)c2ccccc2)c(C(=O)N2CCC2)[nH]1.CC(C)(C)c1cc(NCC(=O)c2ccccc2)c(C(=O)O)[nH]1. The average Bonchev–Trinajstić information content (AvgIpc) is 3.93. The normalized spacial score (nSPS) is 13.6. The molecule has 0 atom stereocenters. The van der Waals surface area contributed by atoms with Gasteiger partial charge in [0.1, 0.15) is 17.1 Å². The van der Waals surface area contributed by atoms with Crippen molar-refractivity contribution in [2.75, 3.05) is 55.6 Å². The van der Waals surface area contributed by atoms with Crippen LogP contribution in [-0.4, -0.2) is 98.5 Å². The van der Waals surface area contributed by atoms with Gasteiger partial charge in [0.05, 0.1) is 30.2 Å². The number of nitrogens with zero attached hydrogens (tertiary/aromatic N) is 2. The van der Waals surface area contributed by atoms with Crippen LogP contribution in [0.1, 0.15) is 144 Å². The fraction of sp³-hybridized carbons (Fsp3) is 0.408. The Morgan fingerprint density at radius 1 is 0.556 bits per heavy atom. The molecule has 0 unspecified atom stereocenters. The quantitative estimate of drug-likeness (QED) is 0.0634. The minimum absolute atomic E-state index is 0.00135. The molecular weight excluding hydrogens is 797 g/mol. The second-order valence-corrected chi connectivity index (χ2v) is 19.1. The van der Waals surface area contributed by atoms with E-state index in [0.717, 1.165) is 56.1 Å². The maximum atomic E-state index is 12.7. The van der Waals surface area contributed by atoms with Crippen LogP contribution in [0.3, 0.4) is 0 Å². The Morgan fingerprint density at radius 3 is 1.25 bits per heavy atom. The molecule has 5 heterocycles. The van der Waals surface area contributed by atoms with Crippen LogP contribution in [0.5, 0.6) is 0 Å². The first-order chi connectivity index (χ1) is 29.5. The number of Topliss-reactive ketones (excluding diaryl/α,β-unsaturated/α-hetero) is 2. The number of carbonyl (C=O) groups excluding carboxylic acids is 4. The predicted octanol–water partition coefficient (Wildman–Crippen LogP) is 8.50. The van der Waals surface area contributed by atoms with E-state index in [1.54, 1.807) is 42.5 Å². The number of anilines is 3. The van der Waals surface area contributed by atoms with Crippen molar-refractivity contribution in [3.05, 3.63) is 124 Å². The Hall–Kier alpha value is -6.57. The Balaban J connectivity index is 0.000000182. The van der Waals surface area contributed by atoms with Crippen molar-refractivity contribution in [3.63, 3.8) is 0 Å². The number of hydrogen-bond acceptors (Lipinski definition) is 8. The van der Waals surface area contributed by atoms with Crippen LogP contribution in [0.15, 0.2) is 78.9 Å². The number of rotatable bonds is 11. The van der Waals surface area contributed by atoms with E-state index in [1.165, 1.54) is 0 Å². The molecule has 2 amide bonds. The molecule has 0 saturated carbocycles.